The molecular weight excluding hydrogens is 502 g/mol. The van der Waals surface area contributed by atoms with Crippen molar-refractivity contribution in [3.8, 4) is 5.75 Å². The van der Waals surface area contributed by atoms with Gasteiger partial charge in [0.05, 0.1) is 0 Å². The van der Waals surface area contributed by atoms with Crippen molar-refractivity contribution in [3.63, 3.8) is 0 Å². The Kier molecular flexibility index (Phi) is 16.0. The number of nitrogens with zero attached hydrogens (tertiary/aromatic N) is 1. The molecule has 1 unspecified atom stereocenters. The number of benzene rings is 1. The van der Waals surface area contributed by atoms with Crippen LogP contribution >= 0.6 is 0 Å². The number of alkyl halides is 2. The first-order valence-electron chi connectivity index (χ1n) is 12.7. The number of halogens is 2. The van der Waals surface area contributed by atoms with Crippen LogP contribution in [0, 0.1) is 16.0 Å². The monoisotopic (exact) mass is 540 g/mol. The van der Waals surface area contributed by atoms with Crippen LogP contribution in [0.2, 0.25) is 0 Å². The third kappa shape index (κ3) is 16.3. The van der Waals surface area contributed by atoms with Gasteiger partial charge in [-0.05, 0) is 63.7 Å². The van der Waals surface area contributed by atoms with E-state index in [1.165, 1.54) is 6.92 Å². The summed E-state index contributed by atoms with van der Waals surface area (Å²) in [6, 6.07) is 7.92. The summed E-state index contributed by atoms with van der Waals surface area (Å²) in [7, 11) is 0. The van der Waals surface area contributed by atoms with Gasteiger partial charge in [0, 0.05) is 6.42 Å². The summed E-state index contributed by atoms with van der Waals surface area (Å²) >= 11 is 0. The van der Waals surface area contributed by atoms with E-state index in [2.05, 4.69) is 10.2 Å². The molecule has 1 atom stereocenters. The molecule has 2 rings (SSSR count). The Morgan fingerprint density at radius 1 is 1.21 bits per heavy atom. The second-order valence-electron chi connectivity index (χ2n) is 8.74. The zero-order valence-electron chi connectivity index (χ0n) is 22.0. The second-order valence-corrected chi connectivity index (χ2v) is 8.74. The van der Waals surface area contributed by atoms with E-state index < -0.39 is 29.6 Å². The molecule has 11 heteroatoms. The molecule has 0 aromatic heterocycles. The van der Waals surface area contributed by atoms with Gasteiger partial charge in [0.1, 0.15) is 25.0 Å². The molecule has 0 radical (unpaired) electrons. The number of unbranched alkanes of at least 4 members (excludes halogenated alkanes) is 1. The topological polar surface area (TPSA) is 117 Å². The summed E-state index contributed by atoms with van der Waals surface area (Å²) in [5.41, 5.74) is 0. The molecule has 38 heavy (non-hydrogen) atoms. The zero-order valence-corrected chi connectivity index (χ0v) is 22.0. The first-order valence-corrected chi connectivity index (χ1v) is 12.7. The Morgan fingerprint density at radius 3 is 2.53 bits per heavy atom. The molecule has 1 saturated carbocycles. The smallest absolute Gasteiger partial charge is 0.328 e. The lowest BCUT2D eigenvalue weighted by Crippen LogP contribution is -2.39. The highest BCUT2D eigenvalue weighted by Gasteiger charge is 2.27. The molecule has 1 aromatic rings. The van der Waals surface area contributed by atoms with Crippen molar-refractivity contribution >= 4 is 11.9 Å². The number of carbonyl (C=O) groups excluding carboxylic acids is 2. The maximum Gasteiger partial charge on any atom is 0.328 e. The van der Waals surface area contributed by atoms with Gasteiger partial charge in [-0.3, -0.25) is 4.79 Å². The van der Waals surface area contributed by atoms with Crippen molar-refractivity contribution in [2.45, 2.75) is 70.8 Å². The van der Waals surface area contributed by atoms with Crippen LogP contribution in [0.4, 0.5) is 8.78 Å². The van der Waals surface area contributed by atoms with Gasteiger partial charge in [0.15, 0.2) is 6.61 Å². The molecule has 1 aliphatic rings. The highest BCUT2D eigenvalue weighted by atomic mass is 19.3. The quantitative estimate of drug-likeness (QED) is 0.104. The third-order valence-corrected chi connectivity index (χ3v) is 5.45. The fraction of sp³-hybridized carbons (Fsp3) is 0.556. The first kappa shape index (κ1) is 32.5. The van der Waals surface area contributed by atoms with E-state index in [1.807, 2.05) is 25.1 Å². The van der Waals surface area contributed by atoms with E-state index in [1.54, 1.807) is 30.3 Å². The van der Waals surface area contributed by atoms with Crippen LogP contribution in [0.25, 0.3) is 0 Å². The molecule has 0 heterocycles. The SMILES string of the molecule is C/C=C\CCCC(=O)NC(C)C(=O)OCCO[N+](=O)[O-].FC(F)(/C=C/C1CCCC1)COc1ccccc1. The van der Waals surface area contributed by atoms with Gasteiger partial charge in [-0.1, -0.05) is 49.3 Å². The van der Waals surface area contributed by atoms with Crippen LogP contribution in [0.5, 0.6) is 5.75 Å². The summed E-state index contributed by atoms with van der Waals surface area (Å²) < 4.78 is 36.9. The van der Waals surface area contributed by atoms with Gasteiger partial charge in [-0.15, -0.1) is 10.1 Å². The molecule has 1 aliphatic carbocycles. The fourth-order valence-corrected chi connectivity index (χ4v) is 3.47. The molecular formula is C27H38F2N2O7. The molecule has 0 saturated heterocycles. The van der Waals surface area contributed by atoms with Crippen molar-refractivity contribution in [2.24, 2.45) is 5.92 Å². The van der Waals surface area contributed by atoms with Crippen molar-refractivity contribution in [2.75, 3.05) is 19.8 Å². The van der Waals surface area contributed by atoms with Gasteiger partial charge < -0.3 is 19.6 Å². The van der Waals surface area contributed by atoms with Crippen molar-refractivity contribution < 1.29 is 37.8 Å². The number of esters is 1. The highest BCUT2D eigenvalue weighted by molar-refractivity contribution is 5.84. The summed E-state index contributed by atoms with van der Waals surface area (Å²) in [6.45, 7) is 2.23. The van der Waals surface area contributed by atoms with Crippen LogP contribution < -0.4 is 10.1 Å². The Bertz CT molecular complexity index is 889. The lowest BCUT2D eigenvalue weighted by atomic mass is 10.1. The van der Waals surface area contributed by atoms with E-state index in [0.717, 1.165) is 38.2 Å². The average molecular weight is 541 g/mol. The number of rotatable bonds is 15. The Balaban J connectivity index is 0.000000381. The normalized spacial score (nSPS) is 14.5. The summed E-state index contributed by atoms with van der Waals surface area (Å²) in [6.07, 6.45) is 12.7. The van der Waals surface area contributed by atoms with Gasteiger partial charge >= 0.3 is 5.97 Å². The van der Waals surface area contributed by atoms with Gasteiger partial charge in [0.2, 0.25) is 5.91 Å². The number of hydrogen-bond donors (Lipinski definition) is 1. The number of para-hydroxylation sites is 1. The number of carbonyl (C=O) groups is 2. The van der Waals surface area contributed by atoms with Gasteiger partial charge in [-0.2, -0.15) is 8.78 Å². The lowest BCUT2D eigenvalue weighted by Gasteiger charge is -2.14. The average Bonchev–Trinajstić information content (AvgIpc) is 3.42. The number of amides is 1. The number of allylic oxidation sites excluding steroid dienone is 3. The maximum absolute atomic E-state index is 13.6. The molecule has 9 nitrogen and oxygen atoms in total. The molecule has 1 N–H and O–H groups in total. The number of ether oxygens (including phenoxy) is 2. The number of hydrogen-bond acceptors (Lipinski definition) is 7. The number of nitrogens with one attached hydrogen (secondary N) is 1. The van der Waals surface area contributed by atoms with E-state index >= 15 is 0 Å². The van der Waals surface area contributed by atoms with Crippen LogP contribution in [0.1, 0.15) is 58.8 Å². The Morgan fingerprint density at radius 2 is 1.89 bits per heavy atom. The lowest BCUT2D eigenvalue weighted by molar-refractivity contribution is -0.757. The predicted octanol–water partition coefficient (Wildman–Crippen LogP) is 5.44. The molecule has 212 valence electrons. The minimum absolute atomic E-state index is 0.235. The van der Waals surface area contributed by atoms with Crippen LogP contribution in [0.15, 0.2) is 54.6 Å². The Hall–Kier alpha value is -3.50. The van der Waals surface area contributed by atoms with E-state index in [4.69, 9.17) is 9.47 Å². The zero-order chi connectivity index (χ0) is 28.2. The maximum atomic E-state index is 13.6. The fourth-order valence-electron chi connectivity index (χ4n) is 3.47. The summed E-state index contributed by atoms with van der Waals surface area (Å²) in [5, 5.41) is 11.4. The minimum atomic E-state index is -2.89. The molecule has 0 bridgehead atoms. The first-order chi connectivity index (χ1) is 18.1. The van der Waals surface area contributed by atoms with E-state index in [9.17, 15) is 28.5 Å². The van der Waals surface area contributed by atoms with Crippen molar-refractivity contribution in [1.29, 1.82) is 0 Å². The van der Waals surface area contributed by atoms with Crippen molar-refractivity contribution in [3.05, 3.63) is 64.8 Å². The van der Waals surface area contributed by atoms with E-state index in [0.29, 0.717) is 24.5 Å². The molecule has 1 fully saturated rings. The molecule has 1 amide bonds. The van der Waals surface area contributed by atoms with Crippen molar-refractivity contribution in [1.82, 2.24) is 5.32 Å². The second kappa shape index (κ2) is 18.7. The van der Waals surface area contributed by atoms with Gasteiger partial charge in [-0.25, -0.2) is 4.79 Å². The standard InChI is InChI=1S/C15H18F2O.C12H20N2O6/c16-15(17,11-10-13-6-4-5-7-13)12-18-14-8-2-1-3-9-14;1-3-4-5-6-7-11(15)13-10(2)12(16)19-8-9-20-14(17)18/h1-3,8-11,13H,4-7,12H2;3-4,10H,5-9H2,1-2H3,(H,13,15)/b11-10+;4-3-. The summed E-state index contributed by atoms with van der Waals surface area (Å²) in [5.74, 6) is -2.98. The largest absolute Gasteiger partial charge is 0.487 e. The Labute approximate surface area is 222 Å². The van der Waals surface area contributed by atoms with Crippen LogP contribution in [0.3, 0.4) is 0 Å². The predicted molar refractivity (Wildman–Crippen MR) is 138 cm³/mol. The van der Waals surface area contributed by atoms with Crippen LogP contribution in [-0.2, 0) is 19.2 Å². The third-order valence-electron chi connectivity index (χ3n) is 5.45. The summed E-state index contributed by atoms with van der Waals surface area (Å²) in [4.78, 5) is 36.7. The van der Waals surface area contributed by atoms with Gasteiger partial charge in [0.25, 0.3) is 11.0 Å². The molecule has 0 spiro atoms. The highest BCUT2D eigenvalue weighted by Crippen LogP contribution is 2.27. The van der Waals surface area contributed by atoms with Crippen LogP contribution in [-0.4, -0.2) is 48.7 Å². The van der Waals surface area contributed by atoms with E-state index in [-0.39, 0.29) is 19.1 Å². The molecule has 1 aromatic carbocycles. The minimum Gasteiger partial charge on any atom is -0.487 e. The molecule has 0 aliphatic heterocycles.